The molecule has 4 rings (SSSR count). The minimum atomic E-state index is -0.130. The number of carbonyl (C=O) groups is 2. The summed E-state index contributed by atoms with van der Waals surface area (Å²) < 4.78 is 5.63. The number of hydrogen-bond acceptors (Lipinski definition) is 4. The second kappa shape index (κ2) is 8.04. The summed E-state index contributed by atoms with van der Waals surface area (Å²) in [6.45, 7) is 1.94. The number of imide groups is 1. The van der Waals surface area contributed by atoms with Crippen molar-refractivity contribution in [1.82, 2.24) is 15.5 Å². The third-order valence-electron chi connectivity index (χ3n) is 5.82. The third kappa shape index (κ3) is 3.48. The number of amides is 2. The van der Waals surface area contributed by atoms with Crippen molar-refractivity contribution >= 4 is 17.8 Å². The smallest absolute Gasteiger partial charge is 0.233 e. The zero-order valence-corrected chi connectivity index (χ0v) is 16.0. The summed E-state index contributed by atoms with van der Waals surface area (Å²) in [6.07, 6.45) is 5.19. The lowest BCUT2D eigenvalue weighted by atomic mass is 9.85. The van der Waals surface area contributed by atoms with Crippen LogP contribution in [0.3, 0.4) is 0 Å². The van der Waals surface area contributed by atoms with Gasteiger partial charge < -0.3 is 15.4 Å². The highest BCUT2D eigenvalue weighted by molar-refractivity contribution is 6.06. The SMILES string of the molecule is CN=C(NCCOc1ccccc1)NCCN1C(=O)C2C3C=CC(C3)C2C1=O. The average Bonchev–Trinajstić information content (AvgIpc) is 3.40. The molecule has 0 spiro atoms. The molecule has 3 aliphatic rings. The Balaban J connectivity index is 1.19. The maximum Gasteiger partial charge on any atom is 0.233 e. The van der Waals surface area contributed by atoms with Crippen LogP contribution in [-0.2, 0) is 9.59 Å². The summed E-state index contributed by atoms with van der Waals surface area (Å²) >= 11 is 0. The molecule has 1 saturated heterocycles. The number of ether oxygens (including phenoxy) is 1. The summed E-state index contributed by atoms with van der Waals surface area (Å²) in [6, 6.07) is 9.63. The number of benzene rings is 1. The van der Waals surface area contributed by atoms with Gasteiger partial charge >= 0.3 is 0 Å². The van der Waals surface area contributed by atoms with Gasteiger partial charge in [0.15, 0.2) is 5.96 Å². The van der Waals surface area contributed by atoms with E-state index < -0.39 is 0 Å². The number of rotatable bonds is 7. The van der Waals surface area contributed by atoms with Crippen LogP contribution in [0.15, 0.2) is 47.5 Å². The fraction of sp³-hybridized carbons (Fsp3) is 0.476. The van der Waals surface area contributed by atoms with Crippen LogP contribution in [0.5, 0.6) is 5.75 Å². The van der Waals surface area contributed by atoms with Gasteiger partial charge in [0.25, 0.3) is 0 Å². The van der Waals surface area contributed by atoms with Gasteiger partial charge in [0.05, 0.1) is 18.4 Å². The van der Waals surface area contributed by atoms with Crippen LogP contribution in [0.1, 0.15) is 6.42 Å². The summed E-state index contributed by atoms with van der Waals surface area (Å²) in [7, 11) is 1.69. The number of aliphatic imine (C=N–C) groups is 1. The molecule has 1 aliphatic heterocycles. The van der Waals surface area contributed by atoms with E-state index in [0.29, 0.717) is 32.2 Å². The average molecular weight is 382 g/mol. The number of fused-ring (bicyclic) bond motifs is 5. The number of allylic oxidation sites excluding steroid dienone is 2. The van der Waals surface area contributed by atoms with E-state index in [0.717, 1.165) is 12.2 Å². The minimum Gasteiger partial charge on any atom is -0.492 e. The van der Waals surface area contributed by atoms with Gasteiger partial charge in [-0.05, 0) is 30.4 Å². The molecular formula is C21H26N4O3. The number of nitrogens with one attached hydrogen (secondary N) is 2. The maximum atomic E-state index is 12.7. The summed E-state index contributed by atoms with van der Waals surface area (Å²) in [4.78, 5) is 30.9. The number of guanidine groups is 1. The number of carbonyl (C=O) groups excluding carboxylic acids is 2. The lowest BCUT2D eigenvalue weighted by Crippen LogP contribution is -2.44. The molecule has 2 fully saturated rings. The summed E-state index contributed by atoms with van der Waals surface area (Å²) in [5.74, 6) is 1.68. The summed E-state index contributed by atoms with van der Waals surface area (Å²) in [5.41, 5.74) is 0. The fourth-order valence-corrected chi connectivity index (χ4v) is 4.55. The normalized spacial score (nSPS) is 28.0. The minimum absolute atomic E-state index is 0.00661. The van der Waals surface area contributed by atoms with Crippen LogP contribution in [0.4, 0.5) is 0 Å². The predicted octanol–water partition coefficient (Wildman–Crippen LogP) is 1.04. The van der Waals surface area contributed by atoms with Crippen LogP contribution >= 0.6 is 0 Å². The standard InChI is InChI=1S/C21H26N4O3/c1-22-21(24-10-12-28-16-5-3-2-4-6-16)23-9-11-25-19(26)17-14-7-8-15(13-14)18(17)20(25)27/h2-8,14-15,17-18H,9-13H2,1H3,(H2,22,23,24). The molecule has 2 aliphatic carbocycles. The van der Waals surface area contributed by atoms with E-state index in [1.165, 1.54) is 4.90 Å². The lowest BCUT2D eigenvalue weighted by Gasteiger charge is -2.18. The third-order valence-corrected chi connectivity index (χ3v) is 5.82. The Kier molecular flexibility index (Phi) is 5.32. The first kappa shape index (κ1) is 18.5. The number of hydrogen-bond donors (Lipinski definition) is 2. The van der Waals surface area contributed by atoms with Crippen LogP contribution in [0.2, 0.25) is 0 Å². The number of likely N-dealkylation sites (tertiary alicyclic amines) is 1. The number of nitrogens with zero attached hydrogens (tertiary/aromatic N) is 2. The van der Waals surface area contributed by atoms with Gasteiger partial charge in [-0.3, -0.25) is 19.5 Å². The first-order valence-corrected chi connectivity index (χ1v) is 9.85. The van der Waals surface area contributed by atoms with Crippen molar-refractivity contribution < 1.29 is 14.3 Å². The van der Waals surface area contributed by atoms with Gasteiger partial charge in [-0.25, -0.2) is 0 Å². The van der Waals surface area contributed by atoms with Gasteiger partial charge in [0, 0.05) is 20.1 Å². The van der Waals surface area contributed by atoms with Crippen molar-refractivity contribution in [2.24, 2.45) is 28.7 Å². The van der Waals surface area contributed by atoms with E-state index in [-0.39, 0.29) is 35.5 Å². The van der Waals surface area contributed by atoms with Crippen molar-refractivity contribution in [3.8, 4) is 5.75 Å². The molecule has 2 N–H and O–H groups in total. The molecule has 4 atom stereocenters. The molecular weight excluding hydrogens is 356 g/mol. The lowest BCUT2D eigenvalue weighted by molar-refractivity contribution is -0.140. The quantitative estimate of drug-likeness (QED) is 0.242. The highest BCUT2D eigenvalue weighted by atomic mass is 16.5. The van der Waals surface area contributed by atoms with Crippen LogP contribution in [-0.4, -0.2) is 56.0 Å². The molecule has 7 nitrogen and oxygen atoms in total. The van der Waals surface area contributed by atoms with Crippen LogP contribution in [0, 0.1) is 23.7 Å². The molecule has 2 bridgehead atoms. The Morgan fingerprint density at radius 2 is 1.71 bits per heavy atom. The molecule has 1 heterocycles. The molecule has 1 saturated carbocycles. The Labute approximate surface area is 164 Å². The Morgan fingerprint density at radius 3 is 2.36 bits per heavy atom. The predicted molar refractivity (Wildman–Crippen MR) is 106 cm³/mol. The van der Waals surface area contributed by atoms with E-state index in [1.807, 2.05) is 30.3 Å². The first-order valence-electron chi connectivity index (χ1n) is 9.85. The molecule has 148 valence electrons. The van der Waals surface area contributed by atoms with Gasteiger partial charge in [0.2, 0.25) is 11.8 Å². The van der Waals surface area contributed by atoms with Crippen molar-refractivity contribution in [2.45, 2.75) is 6.42 Å². The van der Waals surface area contributed by atoms with E-state index >= 15 is 0 Å². The molecule has 1 aromatic rings. The second-order valence-corrected chi connectivity index (χ2v) is 7.42. The van der Waals surface area contributed by atoms with Crippen molar-refractivity contribution in [3.63, 3.8) is 0 Å². The second-order valence-electron chi connectivity index (χ2n) is 7.42. The Bertz CT molecular complexity index is 762. The largest absolute Gasteiger partial charge is 0.492 e. The molecule has 1 aromatic carbocycles. The molecule has 2 amide bonds. The molecule has 28 heavy (non-hydrogen) atoms. The van der Waals surface area contributed by atoms with Gasteiger partial charge in [0.1, 0.15) is 12.4 Å². The highest BCUT2D eigenvalue weighted by Crippen LogP contribution is 2.52. The van der Waals surface area contributed by atoms with Crippen LogP contribution in [0.25, 0.3) is 0 Å². The van der Waals surface area contributed by atoms with Gasteiger partial charge in [-0.2, -0.15) is 0 Å². The zero-order valence-electron chi connectivity index (χ0n) is 16.0. The molecule has 4 unspecified atom stereocenters. The van der Waals surface area contributed by atoms with Crippen molar-refractivity contribution in [3.05, 3.63) is 42.5 Å². The van der Waals surface area contributed by atoms with E-state index in [2.05, 4.69) is 27.8 Å². The van der Waals surface area contributed by atoms with Gasteiger partial charge in [-0.15, -0.1) is 0 Å². The Morgan fingerprint density at radius 1 is 1.07 bits per heavy atom. The van der Waals surface area contributed by atoms with E-state index in [9.17, 15) is 9.59 Å². The topological polar surface area (TPSA) is 83.0 Å². The molecule has 7 heteroatoms. The van der Waals surface area contributed by atoms with Crippen molar-refractivity contribution in [1.29, 1.82) is 0 Å². The maximum absolute atomic E-state index is 12.7. The first-order chi connectivity index (χ1) is 13.7. The summed E-state index contributed by atoms with van der Waals surface area (Å²) in [5, 5.41) is 6.33. The van der Waals surface area contributed by atoms with E-state index in [1.54, 1.807) is 7.05 Å². The fourth-order valence-electron chi connectivity index (χ4n) is 4.55. The van der Waals surface area contributed by atoms with Gasteiger partial charge in [-0.1, -0.05) is 30.4 Å². The Hall–Kier alpha value is -2.83. The molecule has 0 aromatic heterocycles. The zero-order chi connectivity index (χ0) is 19.5. The number of para-hydroxylation sites is 1. The van der Waals surface area contributed by atoms with E-state index in [4.69, 9.17) is 4.74 Å². The van der Waals surface area contributed by atoms with Crippen LogP contribution < -0.4 is 15.4 Å². The highest BCUT2D eigenvalue weighted by Gasteiger charge is 2.58. The monoisotopic (exact) mass is 382 g/mol. The van der Waals surface area contributed by atoms with Crippen molar-refractivity contribution in [2.75, 3.05) is 33.3 Å². The molecule has 0 radical (unpaired) electrons.